The Morgan fingerprint density at radius 2 is 2.41 bits per heavy atom. The van der Waals surface area contributed by atoms with Crippen LogP contribution in [0.2, 0.25) is 0 Å². The monoisotopic (exact) mass is 234 g/mol. The molecule has 90 valence electrons. The number of ether oxygens (including phenoxy) is 2. The third-order valence-electron chi connectivity index (χ3n) is 2.74. The van der Waals surface area contributed by atoms with Crippen molar-refractivity contribution in [3.63, 3.8) is 0 Å². The molecule has 0 radical (unpaired) electrons. The van der Waals surface area contributed by atoms with E-state index in [2.05, 4.69) is 4.98 Å². The lowest BCUT2D eigenvalue weighted by Crippen LogP contribution is -2.32. The highest BCUT2D eigenvalue weighted by Crippen LogP contribution is 2.18. The minimum absolute atomic E-state index is 0.0895. The summed E-state index contributed by atoms with van der Waals surface area (Å²) in [4.78, 5) is 4.30. The van der Waals surface area contributed by atoms with Gasteiger partial charge in [0.1, 0.15) is 0 Å². The summed E-state index contributed by atoms with van der Waals surface area (Å²) in [5.74, 6) is 1.59. The highest BCUT2D eigenvalue weighted by Gasteiger charge is 2.17. The summed E-state index contributed by atoms with van der Waals surface area (Å²) in [5.41, 5.74) is 0. The SMILES string of the molecule is c1coc(-c2nccn2CC2COCCO2)c1. The van der Waals surface area contributed by atoms with Crippen LogP contribution in [-0.2, 0) is 16.0 Å². The molecule has 0 bridgehead atoms. The van der Waals surface area contributed by atoms with Crippen LogP contribution in [0, 0.1) is 0 Å². The van der Waals surface area contributed by atoms with Crippen LogP contribution in [-0.4, -0.2) is 35.5 Å². The fourth-order valence-corrected chi connectivity index (χ4v) is 1.95. The molecule has 17 heavy (non-hydrogen) atoms. The predicted octanol–water partition coefficient (Wildman–Crippen LogP) is 1.56. The standard InChI is InChI=1S/C12H14N2O3/c1-2-11(17-5-1)12-13-3-4-14(12)8-10-9-15-6-7-16-10/h1-5,10H,6-9H2. The Morgan fingerprint density at radius 3 is 3.18 bits per heavy atom. The number of nitrogens with zero attached hydrogens (tertiary/aromatic N) is 2. The van der Waals surface area contributed by atoms with Crippen LogP contribution in [0.1, 0.15) is 0 Å². The summed E-state index contributed by atoms with van der Waals surface area (Å²) in [6.45, 7) is 2.72. The number of imidazole rings is 1. The van der Waals surface area contributed by atoms with Gasteiger partial charge in [-0.05, 0) is 12.1 Å². The summed E-state index contributed by atoms with van der Waals surface area (Å²) in [6.07, 6.45) is 5.43. The number of hydrogen-bond acceptors (Lipinski definition) is 4. The number of hydrogen-bond donors (Lipinski definition) is 0. The summed E-state index contributed by atoms with van der Waals surface area (Å²) in [5, 5.41) is 0. The largest absolute Gasteiger partial charge is 0.461 e. The highest BCUT2D eigenvalue weighted by atomic mass is 16.6. The first-order valence-electron chi connectivity index (χ1n) is 5.68. The average Bonchev–Trinajstić information content (AvgIpc) is 3.00. The second-order valence-electron chi connectivity index (χ2n) is 3.95. The smallest absolute Gasteiger partial charge is 0.176 e. The Labute approximate surface area is 99.0 Å². The maximum Gasteiger partial charge on any atom is 0.176 e. The molecule has 1 saturated heterocycles. The molecule has 5 nitrogen and oxygen atoms in total. The molecule has 3 heterocycles. The van der Waals surface area contributed by atoms with Gasteiger partial charge in [-0.3, -0.25) is 0 Å². The molecular formula is C12H14N2O3. The lowest BCUT2D eigenvalue weighted by molar-refractivity contribution is -0.0934. The summed E-state index contributed by atoms with van der Waals surface area (Å²) in [6, 6.07) is 3.76. The van der Waals surface area contributed by atoms with Gasteiger partial charge in [-0.25, -0.2) is 4.98 Å². The van der Waals surface area contributed by atoms with E-state index in [1.165, 1.54) is 0 Å². The molecule has 0 saturated carbocycles. The Kier molecular flexibility index (Phi) is 2.94. The van der Waals surface area contributed by atoms with E-state index in [1.54, 1.807) is 12.5 Å². The summed E-state index contributed by atoms with van der Waals surface area (Å²) >= 11 is 0. The molecule has 2 aromatic heterocycles. The van der Waals surface area contributed by atoms with E-state index in [0.717, 1.165) is 18.1 Å². The number of aromatic nitrogens is 2. The van der Waals surface area contributed by atoms with Gasteiger partial charge in [-0.1, -0.05) is 0 Å². The fraction of sp³-hybridized carbons (Fsp3) is 0.417. The second kappa shape index (κ2) is 4.73. The normalized spacial score (nSPS) is 20.6. The van der Waals surface area contributed by atoms with Gasteiger partial charge in [0.25, 0.3) is 0 Å². The van der Waals surface area contributed by atoms with Crippen LogP contribution in [0.25, 0.3) is 11.6 Å². The van der Waals surface area contributed by atoms with Gasteiger partial charge in [0.05, 0.1) is 38.7 Å². The third kappa shape index (κ3) is 2.25. The first kappa shape index (κ1) is 10.6. The van der Waals surface area contributed by atoms with Gasteiger partial charge in [0, 0.05) is 12.4 Å². The minimum atomic E-state index is 0.0895. The predicted molar refractivity (Wildman–Crippen MR) is 60.5 cm³/mol. The zero-order valence-corrected chi connectivity index (χ0v) is 9.41. The van der Waals surface area contributed by atoms with Crippen LogP contribution in [0.3, 0.4) is 0 Å². The third-order valence-corrected chi connectivity index (χ3v) is 2.74. The minimum Gasteiger partial charge on any atom is -0.461 e. The van der Waals surface area contributed by atoms with E-state index < -0.39 is 0 Å². The highest BCUT2D eigenvalue weighted by molar-refractivity contribution is 5.46. The van der Waals surface area contributed by atoms with Gasteiger partial charge in [-0.15, -0.1) is 0 Å². The zero-order valence-electron chi connectivity index (χ0n) is 9.41. The van der Waals surface area contributed by atoms with E-state index in [0.29, 0.717) is 19.8 Å². The topological polar surface area (TPSA) is 49.4 Å². The maximum absolute atomic E-state index is 5.62. The van der Waals surface area contributed by atoms with E-state index in [9.17, 15) is 0 Å². The molecule has 0 N–H and O–H groups in total. The van der Waals surface area contributed by atoms with E-state index in [1.807, 2.05) is 22.9 Å². The summed E-state index contributed by atoms with van der Waals surface area (Å²) in [7, 11) is 0. The van der Waals surface area contributed by atoms with Gasteiger partial charge >= 0.3 is 0 Å². The van der Waals surface area contributed by atoms with Crippen molar-refractivity contribution in [1.29, 1.82) is 0 Å². The maximum atomic E-state index is 5.62. The number of furan rings is 1. The Bertz CT molecular complexity index is 458. The molecule has 0 aromatic carbocycles. The van der Waals surface area contributed by atoms with Crippen molar-refractivity contribution in [3.05, 3.63) is 30.8 Å². The van der Waals surface area contributed by atoms with Crippen molar-refractivity contribution in [2.24, 2.45) is 0 Å². The van der Waals surface area contributed by atoms with Crippen molar-refractivity contribution in [2.45, 2.75) is 12.6 Å². The lowest BCUT2D eigenvalue weighted by Gasteiger charge is -2.23. The first-order chi connectivity index (χ1) is 8.43. The molecule has 5 heteroatoms. The van der Waals surface area contributed by atoms with Crippen molar-refractivity contribution in [1.82, 2.24) is 9.55 Å². The Morgan fingerprint density at radius 1 is 1.41 bits per heavy atom. The van der Waals surface area contributed by atoms with E-state index in [4.69, 9.17) is 13.9 Å². The molecule has 1 aliphatic heterocycles. The van der Waals surface area contributed by atoms with Crippen molar-refractivity contribution < 1.29 is 13.9 Å². The van der Waals surface area contributed by atoms with Crippen LogP contribution in [0.15, 0.2) is 35.2 Å². The molecule has 1 atom stereocenters. The molecule has 3 rings (SSSR count). The Hall–Kier alpha value is -1.59. The van der Waals surface area contributed by atoms with Crippen LogP contribution in [0.4, 0.5) is 0 Å². The van der Waals surface area contributed by atoms with E-state index >= 15 is 0 Å². The van der Waals surface area contributed by atoms with Crippen molar-refractivity contribution >= 4 is 0 Å². The molecule has 1 aliphatic rings. The molecule has 0 amide bonds. The van der Waals surface area contributed by atoms with Gasteiger partial charge in [0.2, 0.25) is 0 Å². The average molecular weight is 234 g/mol. The van der Waals surface area contributed by atoms with Crippen LogP contribution < -0.4 is 0 Å². The fourth-order valence-electron chi connectivity index (χ4n) is 1.95. The van der Waals surface area contributed by atoms with Crippen LogP contribution >= 0.6 is 0 Å². The molecular weight excluding hydrogens is 220 g/mol. The Balaban J connectivity index is 1.77. The molecule has 1 unspecified atom stereocenters. The van der Waals surface area contributed by atoms with Crippen LogP contribution in [0.5, 0.6) is 0 Å². The molecule has 2 aromatic rings. The second-order valence-corrected chi connectivity index (χ2v) is 3.95. The van der Waals surface area contributed by atoms with Crippen molar-refractivity contribution in [3.8, 4) is 11.6 Å². The molecule has 0 aliphatic carbocycles. The quantitative estimate of drug-likeness (QED) is 0.808. The zero-order chi connectivity index (χ0) is 11.5. The number of rotatable bonds is 3. The summed E-state index contributed by atoms with van der Waals surface area (Å²) < 4.78 is 18.4. The first-order valence-corrected chi connectivity index (χ1v) is 5.68. The van der Waals surface area contributed by atoms with Gasteiger partial charge in [-0.2, -0.15) is 0 Å². The van der Waals surface area contributed by atoms with Crippen molar-refractivity contribution in [2.75, 3.05) is 19.8 Å². The van der Waals surface area contributed by atoms with Gasteiger partial charge < -0.3 is 18.5 Å². The van der Waals surface area contributed by atoms with Gasteiger partial charge in [0.15, 0.2) is 11.6 Å². The molecule has 1 fully saturated rings. The lowest BCUT2D eigenvalue weighted by atomic mass is 10.3. The van der Waals surface area contributed by atoms with E-state index in [-0.39, 0.29) is 6.10 Å². The molecule has 0 spiro atoms.